The number of ether oxygens (including phenoxy) is 2. The average molecular weight is 446 g/mol. The molecule has 0 unspecified atom stereocenters. The third kappa shape index (κ3) is 4.98. The number of carbonyl (C=O) groups excluding carboxylic acids is 2. The van der Waals surface area contributed by atoms with Crippen molar-refractivity contribution < 1.29 is 19.1 Å². The topological polar surface area (TPSA) is 89.6 Å². The fourth-order valence-electron chi connectivity index (χ4n) is 4.05. The molecule has 0 fully saturated rings. The van der Waals surface area contributed by atoms with Gasteiger partial charge in [0.25, 0.3) is 5.91 Å². The first kappa shape index (κ1) is 22.3. The van der Waals surface area contributed by atoms with Crippen LogP contribution in [0.2, 0.25) is 0 Å². The van der Waals surface area contributed by atoms with Crippen LogP contribution < -0.4 is 15.4 Å². The van der Waals surface area contributed by atoms with Crippen molar-refractivity contribution >= 4 is 34.6 Å². The number of carbonyl (C=O) groups is 2. The lowest BCUT2D eigenvalue weighted by Gasteiger charge is -2.13. The second-order valence-electron chi connectivity index (χ2n) is 7.68. The lowest BCUT2D eigenvalue weighted by atomic mass is 10.00. The molecule has 1 heterocycles. The molecule has 2 amide bonds. The molecule has 0 spiro atoms. The highest BCUT2D eigenvalue weighted by Crippen LogP contribution is 2.37. The number of nitrogens with one attached hydrogen (secondary N) is 2. The van der Waals surface area contributed by atoms with Gasteiger partial charge in [-0.2, -0.15) is 0 Å². The zero-order valence-electron chi connectivity index (χ0n) is 18.8. The van der Waals surface area contributed by atoms with Gasteiger partial charge in [0.2, 0.25) is 0 Å². The van der Waals surface area contributed by atoms with E-state index in [1.54, 1.807) is 14.0 Å². The first-order chi connectivity index (χ1) is 16.1. The summed E-state index contributed by atoms with van der Waals surface area (Å²) in [6, 6.07) is 15.6. The van der Waals surface area contributed by atoms with Crippen molar-refractivity contribution in [3.05, 3.63) is 70.9 Å². The number of hydrogen-bond acceptors (Lipinski definition) is 5. The monoisotopic (exact) mass is 445 g/mol. The Morgan fingerprint density at radius 3 is 2.55 bits per heavy atom. The van der Waals surface area contributed by atoms with Crippen molar-refractivity contribution in [2.45, 2.75) is 19.8 Å². The van der Waals surface area contributed by atoms with Crippen LogP contribution >= 0.6 is 0 Å². The van der Waals surface area contributed by atoms with E-state index in [9.17, 15) is 9.59 Å². The minimum Gasteiger partial charge on any atom is -0.497 e. The predicted molar refractivity (Wildman–Crippen MR) is 128 cm³/mol. The predicted octanol–water partition coefficient (Wildman–Crippen LogP) is 4.21. The van der Waals surface area contributed by atoms with E-state index in [0.717, 1.165) is 51.9 Å². The number of alkyl carbamates (subject to hydrolysis) is 1. The maximum absolute atomic E-state index is 13.2. The van der Waals surface area contributed by atoms with Crippen LogP contribution in [0.25, 0.3) is 22.6 Å². The molecule has 4 rings (SSSR count). The van der Waals surface area contributed by atoms with Gasteiger partial charge in [-0.05, 0) is 60.7 Å². The standard InChI is InChI=1S/C26H27N3O4/c1-3-33-26(31)28-15-14-27-25(30)23-20-6-4-5-7-22(20)29-24-18(10-13-21(23)24)16-17-8-11-19(32-2)12-9-17/h4-9,11-12,16H,3,10,13-15H2,1-2H3,(H,27,30)(H,28,31)/b18-16-. The molecule has 7 nitrogen and oxygen atoms in total. The molecule has 2 N–H and O–H groups in total. The van der Waals surface area contributed by atoms with Crippen molar-refractivity contribution in [2.75, 3.05) is 26.8 Å². The molecule has 0 radical (unpaired) electrons. The van der Waals surface area contributed by atoms with E-state index >= 15 is 0 Å². The van der Waals surface area contributed by atoms with E-state index in [-0.39, 0.29) is 5.91 Å². The first-order valence-electron chi connectivity index (χ1n) is 11.1. The van der Waals surface area contributed by atoms with Gasteiger partial charge in [0.15, 0.2) is 0 Å². The molecule has 1 aliphatic rings. The van der Waals surface area contributed by atoms with Crippen molar-refractivity contribution in [2.24, 2.45) is 0 Å². The summed E-state index contributed by atoms with van der Waals surface area (Å²) in [6.07, 6.45) is 3.20. The molecule has 0 aliphatic heterocycles. The van der Waals surface area contributed by atoms with Gasteiger partial charge in [0.05, 0.1) is 30.5 Å². The van der Waals surface area contributed by atoms with Gasteiger partial charge in [-0.1, -0.05) is 30.3 Å². The Morgan fingerprint density at radius 2 is 1.79 bits per heavy atom. The summed E-state index contributed by atoms with van der Waals surface area (Å²) >= 11 is 0. The summed E-state index contributed by atoms with van der Waals surface area (Å²) < 4.78 is 10.1. The van der Waals surface area contributed by atoms with Crippen LogP contribution in [0.5, 0.6) is 5.75 Å². The number of fused-ring (bicyclic) bond motifs is 2. The zero-order chi connectivity index (χ0) is 23.2. The molecule has 33 heavy (non-hydrogen) atoms. The quantitative estimate of drug-likeness (QED) is 0.532. The highest BCUT2D eigenvalue weighted by molar-refractivity contribution is 6.09. The molecule has 0 saturated carbocycles. The largest absolute Gasteiger partial charge is 0.497 e. The first-order valence-corrected chi connectivity index (χ1v) is 11.1. The zero-order valence-corrected chi connectivity index (χ0v) is 18.8. The van der Waals surface area contributed by atoms with Crippen LogP contribution in [-0.4, -0.2) is 43.8 Å². The number of rotatable bonds is 7. The lowest BCUT2D eigenvalue weighted by Crippen LogP contribution is -2.35. The summed E-state index contributed by atoms with van der Waals surface area (Å²) in [7, 11) is 1.65. The van der Waals surface area contributed by atoms with Gasteiger partial charge in [-0.15, -0.1) is 0 Å². The van der Waals surface area contributed by atoms with E-state index in [4.69, 9.17) is 14.5 Å². The van der Waals surface area contributed by atoms with Crippen LogP contribution in [-0.2, 0) is 11.2 Å². The normalized spacial score (nSPS) is 13.6. The van der Waals surface area contributed by atoms with E-state index in [2.05, 4.69) is 16.7 Å². The molecule has 0 saturated heterocycles. The Bertz CT molecular complexity index is 1200. The molecule has 2 aromatic carbocycles. The SMILES string of the molecule is CCOC(=O)NCCNC(=O)c1c2c(nc3ccccc13)/C(=C\c1ccc(OC)cc1)CC2. The number of allylic oxidation sites excluding steroid dienone is 1. The Hall–Kier alpha value is -3.87. The van der Waals surface area contributed by atoms with Crippen molar-refractivity contribution in [3.63, 3.8) is 0 Å². The van der Waals surface area contributed by atoms with Gasteiger partial charge in [0.1, 0.15) is 5.75 Å². The van der Waals surface area contributed by atoms with Crippen LogP contribution in [0.15, 0.2) is 48.5 Å². The van der Waals surface area contributed by atoms with E-state index in [1.807, 2.05) is 48.5 Å². The van der Waals surface area contributed by atoms with Crippen LogP contribution in [0, 0.1) is 0 Å². The Labute approximate surface area is 192 Å². The summed E-state index contributed by atoms with van der Waals surface area (Å²) in [5, 5.41) is 6.37. The fourth-order valence-corrected chi connectivity index (χ4v) is 4.05. The number of nitrogens with zero attached hydrogens (tertiary/aromatic N) is 1. The van der Waals surface area contributed by atoms with Crippen LogP contribution in [0.3, 0.4) is 0 Å². The third-order valence-electron chi connectivity index (χ3n) is 5.58. The number of hydrogen-bond donors (Lipinski definition) is 2. The number of aromatic nitrogens is 1. The van der Waals surface area contributed by atoms with E-state index in [1.165, 1.54) is 0 Å². The molecule has 3 aromatic rings. The number of amides is 2. The number of methoxy groups -OCH3 is 1. The van der Waals surface area contributed by atoms with E-state index < -0.39 is 6.09 Å². The van der Waals surface area contributed by atoms with Gasteiger partial charge < -0.3 is 20.1 Å². The molecular formula is C26H27N3O4. The number of benzene rings is 2. The van der Waals surface area contributed by atoms with Crippen LogP contribution in [0.4, 0.5) is 4.79 Å². The summed E-state index contributed by atoms with van der Waals surface area (Å²) in [5.74, 6) is 0.644. The molecule has 7 heteroatoms. The van der Waals surface area contributed by atoms with Crippen LogP contribution in [0.1, 0.15) is 40.5 Å². The maximum Gasteiger partial charge on any atom is 0.407 e. The highest BCUT2D eigenvalue weighted by Gasteiger charge is 2.26. The molecule has 1 aromatic heterocycles. The highest BCUT2D eigenvalue weighted by atomic mass is 16.5. The van der Waals surface area contributed by atoms with Gasteiger partial charge in [0, 0.05) is 18.5 Å². The molecule has 0 atom stereocenters. The van der Waals surface area contributed by atoms with Gasteiger partial charge in [-0.3, -0.25) is 4.79 Å². The summed E-state index contributed by atoms with van der Waals surface area (Å²) in [5.41, 5.74) is 5.45. The molecule has 1 aliphatic carbocycles. The lowest BCUT2D eigenvalue weighted by molar-refractivity contribution is 0.0953. The van der Waals surface area contributed by atoms with Crippen molar-refractivity contribution in [1.29, 1.82) is 0 Å². The summed E-state index contributed by atoms with van der Waals surface area (Å²) in [6.45, 7) is 2.64. The third-order valence-corrected chi connectivity index (χ3v) is 5.58. The van der Waals surface area contributed by atoms with Crippen molar-refractivity contribution in [1.82, 2.24) is 15.6 Å². The van der Waals surface area contributed by atoms with Gasteiger partial charge in [-0.25, -0.2) is 9.78 Å². The Morgan fingerprint density at radius 1 is 1.03 bits per heavy atom. The fraction of sp³-hybridized carbons (Fsp3) is 0.269. The molecule has 170 valence electrons. The minimum absolute atomic E-state index is 0.166. The minimum atomic E-state index is -0.490. The Balaban J connectivity index is 1.62. The molecule has 0 bridgehead atoms. The molecular weight excluding hydrogens is 418 g/mol. The van der Waals surface area contributed by atoms with Gasteiger partial charge >= 0.3 is 6.09 Å². The second-order valence-corrected chi connectivity index (χ2v) is 7.68. The van der Waals surface area contributed by atoms with E-state index in [0.29, 0.717) is 25.3 Å². The Kier molecular flexibility index (Phi) is 6.88. The number of para-hydroxylation sites is 1. The smallest absolute Gasteiger partial charge is 0.407 e. The number of pyridine rings is 1. The average Bonchev–Trinajstić information content (AvgIpc) is 3.22. The summed E-state index contributed by atoms with van der Waals surface area (Å²) in [4.78, 5) is 29.6. The van der Waals surface area contributed by atoms with Crippen molar-refractivity contribution in [3.8, 4) is 5.75 Å². The maximum atomic E-state index is 13.2. The second kappa shape index (κ2) is 10.2.